The molecule has 2 aromatic rings. The molecule has 0 radical (unpaired) electrons. The largest absolute Gasteiger partial charge is 0.343 e. The highest BCUT2D eigenvalue weighted by Crippen LogP contribution is 2.41. The van der Waals surface area contributed by atoms with E-state index in [-0.39, 0.29) is 0 Å². The fourth-order valence-corrected chi connectivity index (χ4v) is 5.20. The minimum Gasteiger partial charge on any atom is -0.336 e. The van der Waals surface area contributed by atoms with Crippen LogP contribution in [-0.4, -0.2) is 49.1 Å². The number of nitrogens with one attached hydrogen (secondary N) is 3. The smallest absolute Gasteiger partial charge is 0.336 e. The number of rotatable bonds is 6. The fraction of sp³-hybridized carbons (Fsp3) is 0.381. The maximum Gasteiger partial charge on any atom is 0.343 e. The first-order chi connectivity index (χ1) is 14.7. The second kappa shape index (κ2) is 9.71. The Kier molecular flexibility index (Phi) is 7.24. The van der Waals surface area contributed by atoms with E-state index in [2.05, 4.69) is 16.1 Å². The molecule has 166 valence electrons. The Bertz CT molecular complexity index is 979. The van der Waals surface area contributed by atoms with E-state index in [1.165, 1.54) is 16.8 Å². The van der Waals surface area contributed by atoms with Crippen molar-refractivity contribution in [2.24, 2.45) is 0 Å². The van der Waals surface area contributed by atoms with Crippen LogP contribution in [0, 0.1) is 0 Å². The standard InChI is InChI=1S/C21H27N5O3S2/c1-4-5-13-22-19(28)26(29)17-21(2,3)31-20(30)25(17)24-18(27)23-16-12-8-10-14-9-6-7-11-15(14)16/h6-12,17,29H,4-5,13H2,1-3H3,(H,22,28)(H2,23,24,27)/t17-/m0/s1. The molecular weight excluding hydrogens is 434 g/mol. The first-order valence-electron chi connectivity index (χ1n) is 10.1. The van der Waals surface area contributed by atoms with Gasteiger partial charge in [0, 0.05) is 11.9 Å². The molecular formula is C21H27N5O3S2. The van der Waals surface area contributed by atoms with E-state index in [0.29, 0.717) is 21.6 Å². The van der Waals surface area contributed by atoms with E-state index >= 15 is 0 Å². The summed E-state index contributed by atoms with van der Waals surface area (Å²) in [5.74, 6) is 0. The number of hydrogen-bond donors (Lipinski definition) is 4. The Labute approximate surface area is 191 Å². The summed E-state index contributed by atoms with van der Waals surface area (Å²) in [6.07, 6.45) is 0.837. The van der Waals surface area contributed by atoms with Gasteiger partial charge in [0.25, 0.3) is 0 Å². The molecule has 0 aliphatic carbocycles. The molecule has 31 heavy (non-hydrogen) atoms. The maximum absolute atomic E-state index is 12.8. The number of urea groups is 2. The third-order valence-electron chi connectivity index (χ3n) is 4.92. The van der Waals surface area contributed by atoms with Crippen LogP contribution in [0.3, 0.4) is 0 Å². The number of fused-ring (bicyclic) bond motifs is 1. The van der Waals surface area contributed by atoms with Gasteiger partial charge in [-0.05, 0) is 31.7 Å². The van der Waals surface area contributed by atoms with Gasteiger partial charge >= 0.3 is 12.1 Å². The molecule has 8 nitrogen and oxygen atoms in total. The minimum atomic E-state index is -0.884. The molecule has 0 bridgehead atoms. The first kappa shape index (κ1) is 23.1. The lowest BCUT2D eigenvalue weighted by molar-refractivity contribution is -0.124. The average molecular weight is 462 g/mol. The highest BCUT2D eigenvalue weighted by molar-refractivity contribution is 8.24. The number of thiocarbonyl (C=S) groups is 1. The molecule has 2 aromatic carbocycles. The highest BCUT2D eigenvalue weighted by Gasteiger charge is 2.50. The second-order valence-corrected chi connectivity index (χ2v) is 10.0. The molecule has 0 saturated carbocycles. The van der Waals surface area contributed by atoms with Crippen molar-refractivity contribution in [1.82, 2.24) is 20.8 Å². The SMILES string of the molecule is CCCCNC(=O)N(O)[C@@H]1N(NC(=O)Nc2cccc3ccccc23)C(=S)SC1(C)C. The Morgan fingerprint density at radius 2 is 1.94 bits per heavy atom. The van der Waals surface area contributed by atoms with Crippen molar-refractivity contribution in [3.05, 3.63) is 42.5 Å². The first-order valence-corrected chi connectivity index (χ1v) is 11.3. The number of hydroxylamine groups is 2. The maximum atomic E-state index is 12.8. The van der Waals surface area contributed by atoms with Crippen LogP contribution < -0.4 is 16.1 Å². The quantitative estimate of drug-likeness (QED) is 0.219. The van der Waals surface area contributed by atoms with Crippen LogP contribution in [0.2, 0.25) is 0 Å². The minimum absolute atomic E-state index is 0.350. The van der Waals surface area contributed by atoms with Gasteiger partial charge in [0.15, 0.2) is 10.5 Å². The summed E-state index contributed by atoms with van der Waals surface area (Å²) in [5, 5.41) is 20.0. The number of thioether (sulfide) groups is 1. The predicted molar refractivity (Wildman–Crippen MR) is 128 cm³/mol. The molecule has 3 rings (SSSR count). The molecule has 1 fully saturated rings. The summed E-state index contributed by atoms with van der Waals surface area (Å²) >= 11 is 6.71. The van der Waals surface area contributed by atoms with Gasteiger partial charge in [-0.3, -0.25) is 5.21 Å². The lowest BCUT2D eigenvalue weighted by Gasteiger charge is -2.36. The fourth-order valence-electron chi connectivity index (χ4n) is 3.41. The van der Waals surface area contributed by atoms with Gasteiger partial charge in [0.05, 0.1) is 10.4 Å². The van der Waals surface area contributed by atoms with Gasteiger partial charge < -0.3 is 10.6 Å². The molecule has 1 heterocycles. The third-order valence-corrected chi connectivity index (χ3v) is 6.47. The Balaban J connectivity index is 1.75. The summed E-state index contributed by atoms with van der Waals surface area (Å²) in [4.78, 5) is 25.2. The number of carbonyl (C=O) groups is 2. The molecule has 0 unspecified atom stereocenters. The van der Waals surface area contributed by atoms with E-state index in [4.69, 9.17) is 12.2 Å². The molecule has 0 aromatic heterocycles. The number of nitrogens with zero attached hydrogens (tertiary/aromatic N) is 2. The van der Waals surface area contributed by atoms with Gasteiger partial charge in [-0.2, -0.15) is 5.06 Å². The van der Waals surface area contributed by atoms with E-state index in [9.17, 15) is 14.8 Å². The van der Waals surface area contributed by atoms with Crippen LogP contribution >= 0.6 is 24.0 Å². The topological polar surface area (TPSA) is 96.9 Å². The van der Waals surface area contributed by atoms with Crippen molar-refractivity contribution in [3.63, 3.8) is 0 Å². The summed E-state index contributed by atoms with van der Waals surface area (Å²) in [6, 6.07) is 12.2. The molecule has 4 amide bonds. The highest BCUT2D eigenvalue weighted by atomic mass is 32.2. The zero-order chi connectivity index (χ0) is 22.6. The monoisotopic (exact) mass is 461 g/mol. The van der Waals surface area contributed by atoms with Crippen LogP contribution in [-0.2, 0) is 0 Å². The van der Waals surface area contributed by atoms with E-state index in [1.807, 2.05) is 57.2 Å². The Morgan fingerprint density at radius 1 is 1.23 bits per heavy atom. The van der Waals surface area contributed by atoms with Crippen molar-refractivity contribution in [2.45, 2.75) is 44.5 Å². The summed E-state index contributed by atoms with van der Waals surface area (Å²) in [6.45, 7) is 6.16. The van der Waals surface area contributed by atoms with Gasteiger partial charge in [-0.1, -0.05) is 73.7 Å². The number of amides is 4. The van der Waals surface area contributed by atoms with Crippen molar-refractivity contribution in [3.8, 4) is 0 Å². The Hall–Kier alpha value is -2.56. The molecule has 10 heteroatoms. The molecule has 1 aliphatic rings. The van der Waals surface area contributed by atoms with Crippen molar-refractivity contribution < 1.29 is 14.8 Å². The van der Waals surface area contributed by atoms with Crippen LogP contribution in [0.5, 0.6) is 0 Å². The van der Waals surface area contributed by atoms with Crippen molar-refractivity contribution in [2.75, 3.05) is 11.9 Å². The molecule has 4 N–H and O–H groups in total. The summed E-state index contributed by atoms with van der Waals surface area (Å²) in [5.41, 5.74) is 3.33. The zero-order valence-corrected chi connectivity index (χ0v) is 19.3. The molecule has 0 spiro atoms. The van der Waals surface area contributed by atoms with Gasteiger partial charge in [-0.25, -0.2) is 20.0 Å². The molecule has 1 atom stereocenters. The number of unbranched alkanes of at least 4 members (excludes halogenated alkanes) is 1. The van der Waals surface area contributed by atoms with Crippen LogP contribution in [0.4, 0.5) is 15.3 Å². The number of benzene rings is 2. The Morgan fingerprint density at radius 3 is 2.68 bits per heavy atom. The summed E-state index contributed by atoms with van der Waals surface area (Å²) < 4.78 is -0.302. The zero-order valence-electron chi connectivity index (χ0n) is 17.7. The van der Waals surface area contributed by atoms with Crippen LogP contribution in [0.25, 0.3) is 10.8 Å². The summed E-state index contributed by atoms with van der Waals surface area (Å²) in [7, 11) is 0. The molecule has 1 aliphatic heterocycles. The second-order valence-electron chi connectivity index (χ2n) is 7.74. The lowest BCUT2D eigenvalue weighted by Crippen LogP contribution is -2.61. The van der Waals surface area contributed by atoms with E-state index in [0.717, 1.165) is 23.6 Å². The number of hydrazine groups is 1. The number of carbonyl (C=O) groups excluding carboxylic acids is 2. The van der Waals surface area contributed by atoms with E-state index < -0.39 is 23.0 Å². The van der Waals surface area contributed by atoms with Crippen molar-refractivity contribution in [1.29, 1.82) is 0 Å². The predicted octanol–water partition coefficient (Wildman–Crippen LogP) is 4.52. The molecule has 1 saturated heterocycles. The number of hydrogen-bond acceptors (Lipinski definition) is 5. The van der Waals surface area contributed by atoms with Gasteiger partial charge in [0.2, 0.25) is 0 Å². The van der Waals surface area contributed by atoms with Gasteiger partial charge in [0.1, 0.15) is 0 Å². The van der Waals surface area contributed by atoms with Crippen LogP contribution in [0.15, 0.2) is 42.5 Å². The third kappa shape index (κ3) is 5.20. The van der Waals surface area contributed by atoms with E-state index in [1.54, 1.807) is 6.07 Å². The lowest BCUT2D eigenvalue weighted by atomic mass is 10.1. The van der Waals surface area contributed by atoms with Gasteiger partial charge in [-0.15, -0.1) is 0 Å². The van der Waals surface area contributed by atoms with Crippen LogP contribution in [0.1, 0.15) is 33.6 Å². The number of anilines is 1. The van der Waals surface area contributed by atoms with Crippen molar-refractivity contribution >= 4 is 56.8 Å². The normalized spacial score (nSPS) is 17.5. The average Bonchev–Trinajstić information content (AvgIpc) is 2.95.